The third-order valence-corrected chi connectivity index (χ3v) is 3.69. The molecule has 5 nitrogen and oxygen atoms in total. The summed E-state index contributed by atoms with van der Waals surface area (Å²) in [6, 6.07) is 10.5. The smallest absolute Gasteiger partial charge is 0.336 e. The van der Waals surface area contributed by atoms with Crippen molar-refractivity contribution in [2.45, 2.75) is 17.1 Å². The van der Waals surface area contributed by atoms with Gasteiger partial charge in [-0.05, 0) is 36.9 Å². The minimum absolute atomic E-state index is 0.232. The van der Waals surface area contributed by atoms with Gasteiger partial charge < -0.3 is 5.11 Å². The maximum atomic E-state index is 11.4. The van der Waals surface area contributed by atoms with E-state index in [9.17, 15) is 9.90 Å². The summed E-state index contributed by atoms with van der Waals surface area (Å²) < 4.78 is 0. The minimum Gasteiger partial charge on any atom is -0.478 e. The second-order valence-electron chi connectivity index (χ2n) is 4.41. The lowest BCUT2D eigenvalue weighted by Gasteiger charge is -2.06. The molecule has 0 amide bonds. The van der Waals surface area contributed by atoms with E-state index >= 15 is 0 Å². The zero-order chi connectivity index (χ0) is 14.8. The number of carbonyl (C=O) groups is 1. The molecule has 0 aliphatic heterocycles. The average molecular weight is 297 g/mol. The summed E-state index contributed by atoms with van der Waals surface area (Å²) in [5.41, 5.74) is 1.73. The molecule has 0 aliphatic rings. The zero-order valence-corrected chi connectivity index (χ0v) is 12.0. The molecular weight excluding hydrogens is 286 g/mol. The highest BCUT2D eigenvalue weighted by Gasteiger charge is 2.13. The van der Waals surface area contributed by atoms with E-state index in [0.29, 0.717) is 21.1 Å². The zero-order valence-electron chi connectivity index (χ0n) is 11.1. The molecule has 0 bridgehead atoms. The van der Waals surface area contributed by atoms with Crippen LogP contribution < -0.4 is 0 Å². The lowest BCUT2D eigenvalue weighted by atomic mass is 10.1. The Bertz CT molecular complexity index is 836. The number of hydrogen-bond donors (Lipinski definition) is 1. The van der Waals surface area contributed by atoms with Gasteiger partial charge in [0.15, 0.2) is 5.16 Å². The van der Waals surface area contributed by atoms with Crippen molar-refractivity contribution < 1.29 is 9.90 Å². The van der Waals surface area contributed by atoms with Gasteiger partial charge in [0.2, 0.25) is 0 Å². The molecule has 0 saturated heterocycles. The van der Waals surface area contributed by atoms with Crippen LogP contribution in [0.15, 0.2) is 52.8 Å². The molecule has 6 heteroatoms. The Kier molecular flexibility index (Phi) is 3.53. The molecule has 104 valence electrons. The summed E-state index contributed by atoms with van der Waals surface area (Å²) >= 11 is 1.25. The van der Waals surface area contributed by atoms with E-state index in [1.165, 1.54) is 11.8 Å². The number of rotatable bonds is 3. The van der Waals surface area contributed by atoms with Crippen LogP contribution in [0.4, 0.5) is 0 Å². The van der Waals surface area contributed by atoms with Crippen LogP contribution in [0, 0.1) is 6.92 Å². The van der Waals surface area contributed by atoms with Crippen LogP contribution in [0.3, 0.4) is 0 Å². The molecule has 0 fully saturated rings. The van der Waals surface area contributed by atoms with Gasteiger partial charge in [0.05, 0.1) is 11.1 Å². The second-order valence-corrected chi connectivity index (χ2v) is 5.40. The molecule has 3 aromatic rings. The Morgan fingerprint density at radius 3 is 2.76 bits per heavy atom. The number of carboxylic acid groups (broad SMARTS) is 1. The summed E-state index contributed by atoms with van der Waals surface area (Å²) in [5.74, 6) is -0.972. The van der Waals surface area contributed by atoms with Gasteiger partial charge in [-0.3, -0.25) is 0 Å². The van der Waals surface area contributed by atoms with Crippen molar-refractivity contribution in [1.82, 2.24) is 15.0 Å². The standard InChI is InChI=1S/C15H11N3O2S/c1-9-6-7-16-15(17-9)21-13-8-11(14(19)20)10-4-2-3-5-12(10)18-13/h2-8H,1H3,(H,19,20). The average Bonchev–Trinajstić information content (AvgIpc) is 2.46. The molecule has 0 unspecified atom stereocenters. The molecule has 0 saturated carbocycles. The topological polar surface area (TPSA) is 76.0 Å². The molecule has 0 spiro atoms. The number of aromatic carboxylic acids is 1. The maximum Gasteiger partial charge on any atom is 0.336 e. The van der Waals surface area contributed by atoms with Crippen molar-refractivity contribution >= 4 is 28.6 Å². The van der Waals surface area contributed by atoms with Crippen molar-refractivity contribution in [1.29, 1.82) is 0 Å². The predicted octanol–water partition coefficient (Wildman–Crippen LogP) is 3.18. The summed E-state index contributed by atoms with van der Waals surface area (Å²) in [6.07, 6.45) is 1.67. The normalized spacial score (nSPS) is 10.7. The van der Waals surface area contributed by atoms with Crippen LogP contribution in [0.1, 0.15) is 16.1 Å². The Morgan fingerprint density at radius 2 is 2.00 bits per heavy atom. The highest BCUT2D eigenvalue weighted by Crippen LogP contribution is 2.27. The van der Waals surface area contributed by atoms with Crippen LogP contribution in [0.5, 0.6) is 0 Å². The highest BCUT2D eigenvalue weighted by molar-refractivity contribution is 7.99. The van der Waals surface area contributed by atoms with Crippen molar-refractivity contribution in [3.8, 4) is 0 Å². The SMILES string of the molecule is Cc1ccnc(Sc2cc(C(=O)O)c3ccccc3n2)n1. The van der Waals surface area contributed by atoms with Gasteiger partial charge in [-0.15, -0.1) is 0 Å². The predicted molar refractivity (Wildman–Crippen MR) is 79.6 cm³/mol. The molecule has 3 rings (SSSR count). The number of pyridine rings is 1. The molecular formula is C15H11N3O2S. The number of para-hydroxylation sites is 1. The Labute approximate surface area is 125 Å². The molecule has 0 atom stereocenters. The van der Waals surface area contributed by atoms with E-state index in [0.717, 1.165) is 5.69 Å². The fourth-order valence-electron chi connectivity index (χ4n) is 1.95. The van der Waals surface area contributed by atoms with Crippen molar-refractivity contribution in [3.63, 3.8) is 0 Å². The fraction of sp³-hybridized carbons (Fsp3) is 0.0667. The van der Waals surface area contributed by atoms with E-state index in [2.05, 4.69) is 15.0 Å². The van der Waals surface area contributed by atoms with Crippen LogP contribution in [-0.4, -0.2) is 26.0 Å². The van der Waals surface area contributed by atoms with E-state index in [4.69, 9.17) is 0 Å². The number of hydrogen-bond acceptors (Lipinski definition) is 5. The van der Waals surface area contributed by atoms with Gasteiger partial charge in [-0.25, -0.2) is 19.7 Å². The third kappa shape index (κ3) is 2.85. The van der Waals surface area contributed by atoms with Crippen LogP contribution in [-0.2, 0) is 0 Å². The fourth-order valence-corrected chi connectivity index (χ4v) is 2.76. The molecule has 2 aromatic heterocycles. The number of aromatic nitrogens is 3. The quantitative estimate of drug-likeness (QED) is 0.748. The summed E-state index contributed by atoms with van der Waals surface area (Å²) in [6.45, 7) is 1.88. The number of benzene rings is 1. The van der Waals surface area contributed by atoms with E-state index in [1.54, 1.807) is 36.5 Å². The first kappa shape index (κ1) is 13.5. The van der Waals surface area contributed by atoms with E-state index in [-0.39, 0.29) is 5.56 Å². The number of fused-ring (bicyclic) bond motifs is 1. The lowest BCUT2D eigenvalue weighted by Crippen LogP contribution is -2.00. The molecule has 1 aromatic carbocycles. The molecule has 0 radical (unpaired) electrons. The van der Waals surface area contributed by atoms with Crippen molar-refractivity contribution in [2.24, 2.45) is 0 Å². The second kappa shape index (κ2) is 5.49. The summed E-state index contributed by atoms with van der Waals surface area (Å²) in [5, 5.41) is 11.1. The highest BCUT2D eigenvalue weighted by atomic mass is 32.2. The van der Waals surface area contributed by atoms with Gasteiger partial charge in [0.25, 0.3) is 0 Å². The van der Waals surface area contributed by atoms with E-state index < -0.39 is 5.97 Å². The summed E-state index contributed by atoms with van der Waals surface area (Å²) in [7, 11) is 0. The van der Waals surface area contributed by atoms with Crippen molar-refractivity contribution in [2.75, 3.05) is 0 Å². The van der Waals surface area contributed by atoms with Gasteiger partial charge in [-0.1, -0.05) is 18.2 Å². The minimum atomic E-state index is -0.972. The first-order chi connectivity index (χ1) is 10.1. The Hall–Kier alpha value is -2.47. The van der Waals surface area contributed by atoms with Gasteiger partial charge >= 0.3 is 5.97 Å². The van der Waals surface area contributed by atoms with Crippen LogP contribution in [0.2, 0.25) is 0 Å². The first-order valence-electron chi connectivity index (χ1n) is 6.24. The van der Waals surface area contributed by atoms with Crippen LogP contribution >= 0.6 is 11.8 Å². The Balaban J connectivity index is 2.09. The number of carboxylic acids is 1. The Morgan fingerprint density at radius 1 is 1.19 bits per heavy atom. The van der Waals surface area contributed by atoms with Crippen LogP contribution in [0.25, 0.3) is 10.9 Å². The van der Waals surface area contributed by atoms with Gasteiger partial charge in [-0.2, -0.15) is 0 Å². The van der Waals surface area contributed by atoms with Gasteiger partial charge in [0.1, 0.15) is 5.03 Å². The third-order valence-electron chi connectivity index (χ3n) is 2.89. The summed E-state index contributed by atoms with van der Waals surface area (Å²) in [4.78, 5) is 24.3. The molecule has 2 heterocycles. The molecule has 1 N–H and O–H groups in total. The first-order valence-corrected chi connectivity index (χ1v) is 7.06. The monoisotopic (exact) mass is 297 g/mol. The van der Waals surface area contributed by atoms with E-state index in [1.807, 2.05) is 13.0 Å². The molecule has 21 heavy (non-hydrogen) atoms. The molecule has 0 aliphatic carbocycles. The van der Waals surface area contributed by atoms with Gasteiger partial charge in [0, 0.05) is 17.3 Å². The van der Waals surface area contributed by atoms with Crippen molar-refractivity contribution in [3.05, 3.63) is 53.9 Å². The number of aryl methyl sites for hydroxylation is 1. The number of nitrogens with zero attached hydrogens (tertiary/aromatic N) is 3. The lowest BCUT2D eigenvalue weighted by molar-refractivity contribution is 0.0698. The maximum absolute atomic E-state index is 11.4. The largest absolute Gasteiger partial charge is 0.478 e.